The van der Waals surface area contributed by atoms with Crippen LogP contribution in [0.2, 0.25) is 5.02 Å². The largest absolute Gasteiger partial charge is 0.550 e. The first kappa shape index (κ1) is 17.6. The molecule has 0 bridgehead atoms. The molecule has 2 aromatic carbocycles. The second-order valence-electron chi connectivity index (χ2n) is 5.98. The van der Waals surface area contributed by atoms with Gasteiger partial charge in [0.1, 0.15) is 5.82 Å². The molecule has 4 aromatic rings. The summed E-state index contributed by atoms with van der Waals surface area (Å²) >= 11 is 7.61. The molecule has 6 heteroatoms. The van der Waals surface area contributed by atoms with Gasteiger partial charge in [0, 0.05) is 28.4 Å². The van der Waals surface area contributed by atoms with Crippen molar-refractivity contribution in [3.8, 4) is 21.7 Å². The predicted octanol–water partition coefficient (Wildman–Crippen LogP) is 4.72. The quantitative estimate of drug-likeness (QED) is 0.501. The molecule has 2 aromatic heterocycles. The molecule has 0 unspecified atom stereocenters. The Morgan fingerprint density at radius 2 is 1.96 bits per heavy atom. The van der Waals surface area contributed by atoms with Crippen LogP contribution in [0, 0.1) is 5.82 Å². The number of halogens is 2. The van der Waals surface area contributed by atoms with Crippen LogP contribution in [0.15, 0.2) is 60.0 Å². The fourth-order valence-corrected chi connectivity index (χ4v) is 4.09. The minimum atomic E-state index is -1.26. The molecule has 0 fully saturated rings. The van der Waals surface area contributed by atoms with Crippen LogP contribution < -0.4 is 5.11 Å². The number of hydrogen-bond acceptors (Lipinski definition) is 4. The van der Waals surface area contributed by atoms with Crippen LogP contribution in [0.4, 0.5) is 4.39 Å². The summed E-state index contributed by atoms with van der Waals surface area (Å²) in [6.45, 7) is 0. The average molecular weight is 397 g/mol. The molecule has 4 rings (SSSR count). The molecule has 0 aliphatic heterocycles. The van der Waals surface area contributed by atoms with Gasteiger partial charge < -0.3 is 9.90 Å². The van der Waals surface area contributed by atoms with Gasteiger partial charge in [0.15, 0.2) is 0 Å². The number of rotatable bonds is 4. The molecule has 0 radical (unpaired) electrons. The number of aliphatic carboxylic acids is 1. The number of hydrogen-bond donors (Lipinski definition) is 0. The van der Waals surface area contributed by atoms with Gasteiger partial charge in [-0.1, -0.05) is 35.9 Å². The van der Waals surface area contributed by atoms with Crippen molar-refractivity contribution in [3.63, 3.8) is 0 Å². The number of carbonyl (C=O) groups is 1. The lowest BCUT2D eigenvalue weighted by molar-refractivity contribution is -0.304. The highest BCUT2D eigenvalue weighted by Gasteiger charge is 2.20. The number of carbonyl (C=O) groups excluding carboxylic acids is 1. The standard InChI is InChI=1S/C21H13ClFNO2S/c22-12-7-8-17-14(10-12)20(13-4-1-2-5-16(13)23)15(11-19(25)26)21(24-17)18-6-3-9-27-18/h1-10H,11H2,(H,25,26)/p-1. The summed E-state index contributed by atoms with van der Waals surface area (Å²) in [5.41, 5.74) is 2.33. The van der Waals surface area contributed by atoms with Crippen LogP contribution >= 0.6 is 22.9 Å². The highest BCUT2D eigenvalue weighted by Crippen LogP contribution is 2.40. The minimum Gasteiger partial charge on any atom is -0.550 e. The number of pyridine rings is 1. The maximum Gasteiger partial charge on any atom is 0.131 e. The molecule has 0 saturated carbocycles. The van der Waals surface area contributed by atoms with E-state index in [4.69, 9.17) is 11.6 Å². The Morgan fingerprint density at radius 1 is 1.15 bits per heavy atom. The Hall–Kier alpha value is -2.76. The van der Waals surface area contributed by atoms with E-state index in [0.717, 1.165) is 4.88 Å². The zero-order chi connectivity index (χ0) is 19.0. The number of fused-ring (bicyclic) bond motifs is 1. The summed E-state index contributed by atoms with van der Waals surface area (Å²) in [6, 6.07) is 15.1. The lowest BCUT2D eigenvalue weighted by Gasteiger charge is -2.18. The van der Waals surface area contributed by atoms with Crippen molar-refractivity contribution in [3.05, 3.63) is 76.4 Å². The summed E-state index contributed by atoms with van der Waals surface area (Å²) in [4.78, 5) is 17.0. The second kappa shape index (κ2) is 7.10. The van der Waals surface area contributed by atoms with Crippen molar-refractivity contribution in [2.24, 2.45) is 0 Å². The first-order valence-electron chi connectivity index (χ1n) is 8.15. The number of carboxylic acids is 1. The van der Waals surface area contributed by atoms with Gasteiger partial charge >= 0.3 is 0 Å². The molecule has 0 atom stereocenters. The van der Waals surface area contributed by atoms with Gasteiger partial charge in [-0.3, -0.25) is 0 Å². The van der Waals surface area contributed by atoms with E-state index >= 15 is 0 Å². The molecule has 0 aliphatic carbocycles. The predicted molar refractivity (Wildman–Crippen MR) is 104 cm³/mol. The van der Waals surface area contributed by atoms with Gasteiger partial charge in [-0.2, -0.15) is 0 Å². The van der Waals surface area contributed by atoms with Crippen LogP contribution in [0.5, 0.6) is 0 Å². The normalized spacial score (nSPS) is 11.0. The maximum absolute atomic E-state index is 14.7. The van der Waals surface area contributed by atoms with Crippen molar-refractivity contribution in [1.82, 2.24) is 4.98 Å². The van der Waals surface area contributed by atoms with E-state index in [1.54, 1.807) is 36.4 Å². The zero-order valence-corrected chi connectivity index (χ0v) is 15.5. The molecular weight excluding hydrogens is 385 g/mol. The Bertz CT molecular complexity index is 1160. The third-order valence-corrected chi connectivity index (χ3v) is 5.38. The number of thiophene rings is 1. The smallest absolute Gasteiger partial charge is 0.131 e. The van der Waals surface area contributed by atoms with Gasteiger partial charge in [0.05, 0.1) is 16.1 Å². The Labute approximate surface area is 163 Å². The van der Waals surface area contributed by atoms with Gasteiger partial charge in [0.2, 0.25) is 0 Å². The number of carboxylic acid groups (broad SMARTS) is 1. The molecule has 0 aliphatic rings. The van der Waals surface area contributed by atoms with E-state index in [1.165, 1.54) is 17.4 Å². The summed E-state index contributed by atoms with van der Waals surface area (Å²) in [5.74, 6) is -1.70. The summed E-state index contributed by atoms with van der Waals surface area (Å²) in [6.07, 6.45) is -0.383. The zero-order valence-electron chi connectivity index (χ0n) is 13.9. The highest BCUT2D eigenvalue weighted by molar-refractivity contribution is 7.13. The summed E-state index contributed by atoms with van der Waals surface area (Å²) < 4.78 is 14.7. The Morgan fingerprint density at radius 3 is 2.67 bits per heavy atom. The first-order valence-corrected chi connectivity index (χ1v) is 9.41. The van der Waals surface area contributed by atoms with Crippen LogP contribution in [0.3, 0.4) is 0 Å². The van der Waals surface area contributed by atoms with E-state index in [2.05, 4.69) is 4.98 Å². The monoisotopic (exact) mass is 396 g/mol. The molecule has 3 nitrogen and oxygen atoms in total. The number of aromatic nitrogens is 1. The van der Waals surface area contributed by atoms with E-state index < -0.39 is 11.8 Å². The maximum atomic E-state index is 14.7. The lowest BCUT2D eigenvalue weighted by Crippen LogP contribution is -2.25. The van der Waals surface area contributed by atoms with Crippen molar-refractivity contribution >= 4 is 39.8 Å². The second-order valence-corrected chi connectivity index (χ2v) is 7.37. The van der Waals surface area contributed by atoms with Gasteiger partial charge in [-0.05, 0) is 46.8 Å². The summed E-state index contributed by atoms with van der Waals surface area (Å²) in [7, 11) is 0. The number of benzene rings is 2. The topological polar surface area (TPSA) is 53.0 Å². The van der Waals surface area contributed by atoms with E-state index in [0.29, 0.717) is 38.3 Å². The van der Waals surface area contributed by atoms with Gasteiger partial charge in [-0.15, -0.1) is 11.3 Å². The third-order valence-electron chi connectivity index (χ3n) is 4.27. The molecule has 0 saturated heterocycles. The fraction of sp³-hybridized carbons (Fsp3) is 0.0476. The molecular formula is C21H12ClFNO2S-. The van der Waals surface area contributed by atoms with E-state index in [1.807, 2.05) is 17.5 Å². The molecule has 27 heavy (non-hydrogen) atoms. The Kier molecular flexibility index (Phi) is 4.64. The van der Waals surface area contributed by atoms with Crippen LogP contribution in [0.1, 0.15) is 5.56 Å². The van der Waals surface area contributed by atoms with E-state index in [9.17, 15) is 14.3 Å². The van der Waals surface area contributed by atoms with Crippen LogP contribution in [-0.4, -0.2) is 11.0 Å². The third kappa shape index (κ3) is 3.31. The fourth-order valence-electron chi connectivity index (χ4n) is 3.18. The van der Waals surface area contributed by atoms with Crippen molar-refractivity contribution in [2.75, 3.05) is 0 Å². The highest BCUT2D eigenvalue weighted by atomic mass is 35.5. The average Bonchev–Trinajstić information content (AvgIpc) is 3.16. The van der Waals surface area contributed by atoms with Gasteiger partial charge in [0.25, 0.3) is 0 Å². The first-order chi connectivity index (χ1) is 13.0. The molecule has 0 N–H and O–H groups in total. The molecule has 134 valence electrons. The SMILES string of the molecule is O=C([O-])Cc1c(-c2cccs2)nc2ccc(Cl)cc2c1-c1ccccc1F. The van der Waals surface area contributed by atoms with Crippen LogP contribution in [0.25, 0.3) is 32.6 Å². The molecule has 0 spiro atoms. The Balaban J connectivity index is 2.18. The number of nitrogens with zero attached hydrogens (tertiary/aromatic N) is 1. The molecule has 0 amide bonds. The van der Waals surface area contributed by atoms with Crippen molar-refractivity contribution < 1.29 is 14.3 Å². The van der Waals surface area contributed by atoms with Crippen LogP contribution in [-0.2, 0) is 11.2 Å². The van der Waals surface area contributed by atoms with E-state index in [-0.39, 0.29) is 6.42 Å². The van der Waals surface area contributed by atoms with Crippen molar-refractivity contribution in [1.29, 1.82) is 0 Å². The lowest BCUT2D eigenvalue weighted by atomic mass is 9.91. The van der Waals surface area contributed by atoms with Gasteiger partial charge in [-0.25, -0.2) is 9.37 Å². The summed E-state index contributed by atoms with van der Waals surface area (Å²) in [5, 5.41) is 14.5. The van der Waals surface area contributed by atoms with Crippen molar-refractivity contribution in [2.45, 2.75) is 6.42 Å². The molecule has 2 heterocycles. The minimum absolute atomic E-state index is 0.307.